The van der Waals surface area contributed by atoms with Crippen LogP contribution in [-0.2, 0) is 9.53 Å². The molecule has 0 heterocycles. The Hall–Kier alpha value is -2.47. The highest BCUT2D eigenvalue weighted by Gasteiger charge is 2.29. The Morgan fingerprint density at radius 3 is 2.71 bits per heavy atom. The van der Waals surface area contributed by atoms with Crippen LogP contribution in [0.4, 0.5) is 0 Å². The van der Waals surface area contributed by atoms with E-state index >= 15 is 0 Å². The van der Waals surface area contributed by atoms with Crippen LogP contribution >= 0.6 is 0 Å². The van der Waals surface area contributed by atoms with Gasteiger partial charge in [0.05, 0.1) is 25.2 Å². The van der Waals surface area contributed by atoms with Crippen molar-refractivity contribution in [2.75, 3.05) is 7.11 Å². The number of ketones is 2. The number of carbonyl (C=O) groups excluding carboxylic acids is 3. The predicted octanol–water partition coefficient (Wildman–Crippen LogP) is 1.01. The average molecular weight is 290 g/mol. The molecule has 2 N–H and O–H groups in total. The maximum absolute atomic E-state index is 12.2. The number of hydrogen-bond donors (Lipinski definition) is 2. The number of benzene rings is 1. The van der Waals surface area contributed by atoms with Crippen molar-refractivity contribution in [3.63, 3.8) is 0 Å². The van der Waals surface area contributed by atoms with Gasteiger partial charge in [-0.2, -0.15) is 0 Å². The molecule has 1 aliphatic carbocycles. The van der Waals surface area contributed by atoms with Crippen LogP contribution in [0, 0.1) is 0 Å². The summed E-state index contributed by atoms with van der Waals surface area (Å²) in [6.07, 6.45) is -0.415. The molecule has 0 spiro atoms. The van der Waals surface area contributed by atoms with Crippen molar-refractivity contribution in [1.29, 1.82) is 0 Å². The normalized spacial score (nSPS) is 15.2. The van der Waals surface area contributed by atoms with Crippen LogP contribution in [0.1, 0.15) is 33.6 Å². The third-order valence-electron chi connectivity index (χ3n) is 3.22. The zero-order valence-corrected chi connectivity index (χ0v) is 11.3. The molecule has 1 aromatic carbocycles. The van der Waals surface area contributed by atoms with E-state index in [1.165, 1.54) is 25.3 Å². The Labute approximate surface area is 120 Å². The monoisotopic (exact) mass is 290 g/mol. The summed E-state index contributed by atoms with van der Waals surface area (Å²) in [5.74, 6) is -1.79. The van der Waals surface area contributed by atoms with Gasteiger partial charge in [-0.15, -0.1) is 0 Å². The van der Waals surface area contributed by atoms with Gasteiger partial charge in [-0.1, -0.05) is 12.1 Å². The Morgan fingerprint density at radius 2 is 2.05 bits per heavy atom. The molecular weight excluding hydrogens is 276 g/mol. The zero-order valence-electron chi connectivity index (χ0n) is 11.3. The quantitative estimate of drug-likeness (QED) is 0.803. The van der Waals surface area contributed by atoms with Gasteiger partial charge < -0.3 is 14.9 Å². The Morgan fingerprint density at radius 1 is 1.33 bits per heavy atom. The second kappa shape index (κ2) is 5.88. The number of aromatic hydroxyl groups is 1. The fourth-order valence-corrected chi connectivity index (χ4v) is 2.21. The first kappa shape index (κ1) is 14.9. The number of phenolic OH excluding ortho intramolecular Hbond substituents is 1. The summed E-state index contributed by atoms with van der Waals surface area (Å²) in [7, 11) is 1.20. The first-order valence-electron chi connectivity index (χ1n) is 6.30. The molecule has 0 radical (unpaired) electrons. The molecule has 6 heteroatoms. The fourth-order valence-electron chi connectivity index (χ4n) is 2.21. The minimum atomic E-state index is -1.11. The Balaban J connectivity index is 2.23. The van der Waals surface area contributed by atoms with Gasteiger partial charge in [-0.25, -0.2) is 0 Å². The molecule has 1 atom stereocenters. The standard InChI is InChI=1S/C15H14O6/c1-21-13(19)7-9(16)5-8-6-12(18)14-10(15(8)20)3-2-4-11(14)17/h2-4,6,9,16-17H,5,7H2,1H3/t9-/m0/s1. The lowest BCUT2D eigenvalue weighted by Crippen LogP contribution is -2.22. The number of aliphatic hydroxyl groups excluding tert-OH is 1. The number of hydrogen-bond acceptors (Lipinski definition) is 6. The summed E-state index contributed by atoms with van der Waals surface area (Å²) in [4.78, 5) is 35.3. The van der Waals surface area contributed by atoms with E-state index < -0.39 is 23.6 Å². The highest BCUT2D eigenvalue weighted by atomic mass is 16.5. The highest BCUT2D eigenvalue weighted by Crippen LogP contribution is 2.30. The average Bonchev–Trinajstić information content (AvgIpc) is 2.43. The number of Topliss-reactive ketones (excluding diaryl/α,β-unsaturated/α-hetero) is 1. The van der Waals surface area contributed by atoms with Crippen molar-refractivity contribution < 1.29 is 29.3 Å². The number of aliphatic hydroxyl groups is 1. The molecule has 110 valence electrons. The molecule has 0 unspecified atom stereocenters. The summed E-state index contributed by atoms with van der Waals surface area (Å²) in [6, 6.07) is 4.23. The van der Waals surface area contributed by atoms with Crippen LogP contribution in [0.15, 0.2) is 29.8 Å². The van der Waals surface area contributed by atoms with E-state index in [0.29, 0.717) is 0 Å². The van der Waals surface area contributed by atoms with Crippen LogP contribution in [0.2, 0.25) is 0 Å². The second-order valence-electron chi connectivity index (χ2n) is 4.70. The molecule has 0 fully saturated rings. The van der Waals surface area contributed by atoms with Gasteiger partial charge in [0.25, 0.3) is 0 Å². The van der Waals surface area contributed by atoms with Crippen LogP contribution in [0.25, 0.3) is 0 Å². The maximum Gasteiger partial charge on any atom is 0.308 e. The molecule has 6 nitrogen and oxygen atoms in total. The van der Waals surface area contributed by atoms with E-state index in [1.807, 2.05) is 0 Å². The van der Waals surface area contributed by atoms with Crippen LogP contribution < -0.4 is 0 Å². The van der Waals surface area contributed by atoms with Crippen molar-refractivity contribution >= 4 is 17.5 Å². The Bertz CT molecular complexity index is 644. The molecule has 0 saturated carbocycles. The third-order valence-corrected chi connectivity index (χ3v) is 3.22. The van der Waals surface area contributed by atoms with E-state index in [4.69, 9.17) is 0 Å². The summed E-state index contributed by atoms with van der Waals surface area (Å²) in [5, 5.41) is 19.4. The minimum Gasteiger partial charge on any atom is -0.507 e. The van der Waals surface area contributed by atoms with Crippen molar-refractivity contribution in [2.45, 2.75) is 18.9 Å². The molecule has 1 aromatic rings. The van der Waals surface area contributed by atoms with E-state index in [9.17, 15) is 24.6 Å². The molecule has 0 saturated heterocycles. The van der Waals surface area contributed by atoms with Crippen molar-refractivity contribution in [3.05, 3.63) is 41.0 Å². The highest BCUT2D eigenvalue weighted by molar-refractivity contribution is 6.25. The molecule has 0 amide bonds. The van der Waals surface area contributed by atoms with Gasteiger partial charge in [0, 0.05) is 17.6 Å². The molecule has 0 aliphatic heterocycles. The first-order valence-corrected chi connectivity index (χ1v) is 6.30. The summed E-state index contributed by atoms with van der Waals surface area (Å²) in [6.45, 7) is 0. The van der Waals surface area contributed by atoms with Gasteiger partial charge in [0.2, 0.25) is 0 Å². The molecule has 1 aliphatic rings. The number of carbonyl (C=O) groups is 3. The molecule has 0 aromatic heterocycles. The summed E-state index contributed by atoms with van der Waals surface area (Å²) < 4.78 is 4.43. The molecule has 21 heavy (non-hydrogen) atoms. The van der Waals surface area contributed by atoms with Gasteiger partial charge in [0.1, 0.15) is 5.75 Å². The van der Waals surface area contributed by atoms with E-state index in [1.54, 1.807) is 0 Å². The van der Waals surface area contributed by atoms with Crippen LogP contribution in [-0.4, -0.2) is 41.0 Å². The van der Waals surface area contributed by atoms with Gasteiger partial charge in [-0.05, 0) is 12.1 Å². The third kappa shape index (κ3) is 3.00. The molecule has 2 rings (SSSR count). The number of phenols is 1. The van der Waals surface area contributed by atoms with Gasteiger partial charge >= 0.3 is 5.97 Å². The largest absolute Gasteiger partial charge is 0.507 e. The lowest BCUT2D eigenvalue weighted by Gasteiger charge is -2.17. The smallest absolute Gasteiger partial charge is 0.308 e. The topological polar surface area (TPSA) is 101 Å². The SMILES string of the molecule is COC(=O)C[C@@H](O)CC1=CC(=O)c2c(O)cccc2C1=O. The van der Waals surface area contributed by atoms with Crippen LogP contribution in [0.3, 0.4) is 0 Å². The molecular formula is C15H14O6. The first-order chi connectivity index (χ1) is 9.93. The van der Waals surface area contributed by atoms with E-state index in [2.05, 4.69) is 4.74 Å². The van der Waals surface area contributed by atoms with Crippen molar-refractivity contribution in [3.8, 4) is 5.75 Å². The lowest BCUT2D eigenvalue weighted by molar-refractivity contribution is -0.142. The maximum atomic E-state index is 12.2. The fraction of sp³-hybridized carbons (Fsp3) is 0.267. The lowest BCUT2D eigenvalue weighted by atomic mass is 9.86. The minimum absolute atomic E-state index is 0.0336. The number of ether oxygens (including phenoxy) is 1. The Kier molecular flexibility index (Phi) is 4.18. The summed E-state index contributed by atoms with van der Waals surface area (Å²) >= 11 is 0. The number of allylic oxidation sites excluding steroid dienone is 1. The van der Waals surface area contributed by atoms with Crippen molar-refractivity contribution in [2.24, 2.45) is 0 Å². The van der Waals surface area contributed by atoms with Crippen molar-refractivity contribution in [1.82, 2.24) is 0 Å². The molecule has 0 bridgehead atoms. The van der Waals surface area contributed by atoms with Gasteiger partial charge in [-0.3, -0.25) is 14.4 Å². The van der Waals surface area contributed by atoms with E-state index in [-0.39, 0.29) is 35.3 Å². The van der Waals surface area contributed by atoms with Crippen LogP contribution in [0.5, 0.6) is 5.75 Å². The second-order valence-corrected chi connectivity index (χ2v) is 4.70. The number of fused-ring (bicyclic) bond motifs is 1. The number of methoxy groups -OCH3 is 1. The predicted molar refractivity (Wildman–Crippen MR) is 72.1 cm³/mol. The number of esters is 1. The number of rotatable bonds is 4. The van der Waals surface area contributed by atoms with E-state index in [0.717, 1.165) is 6.08 Å². The van der Waals surface area contributed by atoms with Gasteiger partial charge in [0.15, 0.2) is 11.6 Å². The zero-order chi connectivity index (χ0) is 15.6. The summed E-state index contributed by atoms with van der Waals surface area (Å²) in [5.41, 5.74) is 0.172.